The minimum atomic E-state index is -1.05. The largest absolute Gasteiger partial charge is 0.459 e. The third-order valence-corrected chi connectivity index (χ3v) is 9.98. The molecule has 1 aromatic rings. The highest BCUT2D eigenvalue weighted by Gasteiger charge is 2.69. The molecule has 0 aromatic heterocycles. The molecule has 2 aliphatic carbocycles. The Labute approximate surface area is 271 Å². The molecule has 11 heteroatoms. The number of benzene rings is 1. The van der Waals surface area contributed by atoms with Crippen molar-refractivity contribution in [2.24, 2.45) is 40.2 Å². The van der Waals surface area contributed by atoms with Gasteiger partial charge in [-0.2, -0.15) is 0 Å². The van der Waals surface area contributed by atoms with Gasteiger partial charge in [-0.1, -0.05) is 91.1 Å². The van der Waals surface area contributed by atoms with Gasteiger partial charge in [0.2, 0.25) is 11.7 Å². The summed E-state index contributed by atoms with van der Waals surface area (Å²) in [5, 5.41) is 5.49. The van der Waals surface area contributed by atoms with Crippen LogP contribution in [0.1, 0.15) is 85.6 Å². The molecule has 4 N–H and O–H groups in total. The van der Waals surface area contributed by atoms with Crippen molar-refractivity contribution in [3.8, 4) is 0 Å². The van der Waals surface area contributed by atoms with Crippen molar-refractivity contribution < 1.29 is 33.5 Å². The van der Waals surface area contributed by atoms with Gasteiger partial charge in [-0.25, -0.2) is 9.59 Å². The topological polar surface area (TPSA) is 165 Å². The normalized spacial score (nSPS) is 23.3. The quantitative estimate of drug-likeness (QED) is 0.195. The van der Waals surface area contributed by atoms with Crippen LogP contribution in [0, 0.1) is 34.5 Å². The molecule has 6 atom stereocenters. The molecule has 0 bridgehead atoms. The number of esters is 1. The van der Waals surface area contributed by atoms with Crippen LogP contribution < -0.4 is 16.4 Å². The number of fused-ring (bicyclic) bond motifs is 1. The number of urea groups is 1. The summed E-state index contributed by atoms with van der Waals surface area (Å²) in [5.41, 5.74) is 5.25. The Kier molecular flexibility index (Phi) is 10.6. The van der Waals surface area contributed by atoms with Gasteiger partial charge in [-0.15, -0.1) is 0 Å². The molecule has 4 rings (SSSR count). The van der Waals surface area contributed by atoms with Crippen molar-refractivity contribution in [2.45, 2.75) is 105 Å². The second kappa shape index (κ2) is 13.9. The number of piperidine rings is 1. The molecule has 4 amide bonds. The maximum Gasteiger partial charge on any atom is 0.329 e. The highest BCUT2D eigenvalue weighted by Crippen LogP contribution is 2.65. The van der Waals surface area contributed by atoms with Gasteiger partial charge >= 0.3 is 12.0 Å². The van der Waals surface area contributed by atoms with Gasteiger partial charge in [0, 0.05) is 18.9 Å². The van der Waals surface area contributed by atoms with E-state index in [1.54, 1.807) is 4.90 Å². The van der Waals surface area contributed by atoms with Crippen molar-refractivity contribution >= 4 is 35.4 Å². The Morgan fingerprint density at radius 2 is 1.70 bits per heavy atom. The van der Waals surface area contributed by atoms with Crippen LogP contribution in [0.4, 0.5) is 4.79 Å². The van der Waals surface area contributed by atoms with Crippen LogP contribution in [-0.2, 0) is 35.3 Å². The SMILES string of the molecule is CCC[C@H](NC(=O)N[C@H](C(=O)N1C[C@H]2[C@@H]([C@H]1C(=O)CC(CC1CC1)C(=O)C(N)=O)C2(C)C)C(C)(C)C)C(=O)OCc1ccccc1. The molecule has 0 radical (unpaired) electrons. The first-order chi connectivity index (χ1) is 21.6. The fourth-order valence-electron chi connectivity index (χ4n) is 7.00. The van der Waals surface area contributed by atoms with Crippen molar-refractivity contribution in [3.63, 3.8) is 0 Å². The zero-order valence-electron chi connectivity index (χ0n) is 28.0. The number of ketones is 2. The molecule has 3 fully saturated rings. The van der Waals surface area contributed by atoms with E-state index in [0.717, 1.165) is 18.4 Å². The number of nitrogens with zero attached hydrogens (tertiary/aromatic N) is 1. The molecule has 252 valence electrons. The number of carbonyl (C=O) groups excluding carboxylic acids is 6. The second-order valence-electron chi connectivity index (χ2n) is 15.0. The summed E-state index contributed by atoms with van der Waals surface area (Å²) >= 11 is 0. The van der Waals surface area contributed by atoms with Gasteiger partial charge in [-0.05, 0) is 47.0 Å². The van der Waals surface area contributed by atoms with Crippen LogP contribution in [0.5, 0.6) is 0 Å². The van der Waals surface area contributed by atoms with Gasteiger partial charge in [0.05, 0.1) is 6.04 Å². The molecule has 46 heavy (non-hydrogen) atoms. The zero-order chi connectivity index (χ0) is 34.0. The molecule has 1 heterocycles. The van der Waals surface area contributed by atoms with E-state index >= 15 is 0 Å². The summed E-state index contributed by atoms with van der Waals surface area (Å²) in [7, 11) is 0. The molecule has 1 saturated heterocycles. The zero-order valence-corrected chi connectivity index (χ0v) is 28.0. The number of likely N-dealkylation sites (tertiary alicyclic amines) is 1. The van der Waals surface area contributed by atoms with E-state index in [1.165, 1.54) is 0 Å². The number of ether oxygens (including phenoxy) is 1. The summed E-state index contributed by atoms with van der Waals surface area (Å²) in [6, 6.07) is 5.85. The lowest BCUT2D eigenvalue weighted by Crippen LogP contribution is -2.60. The Morgan fingerprint density at radius 3 is 2.26 bits per heavy atom. The molecule has 1 aromatic carbocycles. The number of rotatable bonds is 15. The summed E-state index contributed by atoms with van der Waals surface area (Å²) in [5.74, 6) is -3.50. The lowest BCUT2D eigenvalue weighted by atomic mass is 9.84. The molecule has 0 spiro atoms. The van der Waals surface area contributed by atoms with Gasteiger partial charge in [0.1, 0.15) is 18.7 Å². The predicted molar refractivity (Wildman–Crippen MR) is 171 cm³/mol. The van der Waals surface area contributed by atoms with E-state index in [4.69, 9.17) is 10.5 Å². The third-order valence-electron chi connectivity index (χ3n) is 9.98. The van der Waals surface area contributed by atoms with E-state index in [-0.39, 0.29) is 36.1 Å². The highest BCUT2D eigenvalue weighted by molar-refractivity contribution is 6.36. The third kappa shape index (κ3) is 8.14. The lowest BCUT2D eigenvalue weighted by Gasteiger charge is -2.38. The molecular weight excluding hydrogens is 588 g/mol. The van der Waals surface area contributed by atoms with E-state index in [2.05, 4.69) is 24.5 Å². The van der Waals surface area contributed by atoms with Crippen molar-refractivity contribution in [2.75, 3.05) is 6.54 Å². The maximum absolute atomic E-state index is 14.2. The number of amides is 4. The van der Waals surface area contributed by atoms with Crippen molar-refractivity contribution in [1.82, 2.24) is 15.5 Å². The van der Waals surface area contributed by atoms with Gasteiger partial charge < -0.3 is 26.0 Å². The fourth-order valence-corrected chi connectivity index (χ4v) is 7.00. The second-order valence-corrected chi connectivity index (χ2v) is 15.0. The van der Waals surface area contributed by atoms with E-state index in [9.17, 15) is 28.8 Å². The van der Waals surface area contributed by atoms with Crippen LogP contribution in [0.15, 0.2) is 30.3 Å². The molecule has 3 aliphatic rings. The van der Waals surface area contributed by atoms with Gasteiger partial charge in [0.15, 0.2) is 5.78 Å². The van der Waals surface area contributed by atoms with Crippen LogP contribution in [0.2, 0.25) is 0 Å². The average Bonchev–Trinajstić information content (AvgIpc) is 3.84. The minimum Gasteiger partial charge on any atom is -0.459 e. The van der Waals surface area contributed by atoms with Crippen molar-refractivity contribution in [3.05, 3.63) is 35.9 Å². The average molecular weight is 639 g/mol. The summed E-state index contributed by atoms with van der Waals surface area (Å²) in [4.78, 5) is 80.4. The highest BCUT2D eigenvalue weighted by atomic mass is 16.5. The van der Waals surface area contributed by atoms with E-state index in [1.807, 2.05) is 58.0 Å². The number of Topliss-reactive ketones (excluding diaryl/α,β-unsaturated/α-hetero) is 2. The standard InChI is InChI=1S/C35H50N4O7/c1-7-11-24(32(44)46-19-21-12-9-8-10-13-21)37-33(45)38-29(34(2,3)4)31(43)39-18-23-26(35(23,5)6)27(39)25(40)17-22(16-20-14-15-20)28(41)30(36)42/h8-10,12-13,20,22-24,26-27,29H,7,11,14-19H2,1-6H3,(H2,36,42)(H2,37,38,45)/t22?,23-,24-,26-,27+,29+/m0/s1. The number of nitrogens with one attached hydrogen (secondary N) is 2. The van der Waals surface area contributed by atoms with Gasteiger partial charge in [0.25, 0.3) is 5.91 Å². The van der Waals surface area contributed by atoms with Gasteiger partial charge in [-0.3, -0.25) is 19.2 Å². The monoisotopic (exact) mass is 638 g/mol. The van der Waals surface area contributed by atoms with Crippen LogP contribution in [-0.4, -0.2) is 65.0 Å². The maximum atomic E-state index is 14.2. The summed E-state index contributed by atoms with van der Waals surface area (Å²) in [6.45, 7) is 11.9. The van der Waals surface area contributed by atoms with E-state index < -0.39 is 59.1 Å². The van der Waals surface area contributed by atoms with Crippen LogP contribution in [0.3, 0.4) is 0 Å². The number of primary amides is 1. The lowest BCUT2D eigenvalue weighted by molar-refractivity contribution is -0.147. The fraction of sp³-hybridized carbons (Fsp3) is 0.657. The van der Waals surface area contributed by atoms with Crippen LogP contribution in [0.25, 0.3) is 0 Å². The Hall–Kier alpha value is -3.76. The number of nitrogens with two attached hydrogens (primary N) is 1. The first kappa shape index (κ1) is 35.1. The first-order valence-corrected chi connectivity index (χ1v) is 16.5. The first-order valence-electron chi connectivity index (χ1n) is 16.5. The Balaban J connectivity index is 1.47. The Morgan fingerprint density at radius 1 is 1.04 bits per heavy atom. The van der Waals surface area contributed by atoms with E-state index in [0.29, 0.717) is 31.7 Å². The molecule has 11 nitrogen and oxygen atoms in total. The van der Waals surface area contributed by atoms with Crippen molar-refractivity contribution in [1.29, 1.82) is 0 Å². The Bertz CT molecular complexity index is 1330. The van der Waals surface area contributed by atoms with Crippen LogP contribution >= 0.6 is 0 Å². The smallest absolute Gasteiger partial charge is 0.329 e. The number of carbonyl (C=O) groups is 6. The molecule has 2 saturated carbocycles. The summed E-state index contributed by atoms with van der Waals surface area (Å²) in [6.07, 6.45) is 3.15. The molecule has 1 unspecified atom stereocenters. The molecule has 1 aliphatic heterocycles. The molecular formula is C35H50N4O7. The summed E-state index contributed by atoms with van der Waals surface area (Å²) < 4.78 is 5.47. The number of hydrogen-bond donors (Lipinski definition) is 3. The number of hydrogen-bond acceptors (Lipinski definition) is 7. The minimum absolute atomic E-state index is 0.0713. The predicted octanol–water partition coefficient (Wildman–Crippen LogP) is 3.53.